The molecule has 25 heavy (non-hydrogen) atoms. The van der Waals surface area contributed by atoms with Crippen LogP contribution in [-0.4, -0.2) is 59.8 Å². The Labute approximate surface area is 148 Å². The van der Waals surface area contributed by atoms with Crippen molar-refractivity contribution in [2.75, 3.05) is 43.0 Å². The summed E-state index contributed by atoms with van der Waals surface area (Å²) in [6.07, 6.45) is -0.247. The molecule has 0 bridgehead atoms. The van der Waals surface area contributed by atoms with Crippen LogP contribution in [0.15, 0.2) is 24.3 Å². The van der Waals surface area contributed by atoms with Crippen molar-refractivity contribution in [3.63, 3.8) is 0 Å². The van der Waals surface area contributed by atoms with E-state index in [0.717, 1.165) is 16.7 Å². The number of rotatable bonds is 4. The monoisotopic (exact) mass is 343 g/mol. The van der Waals surface area contributed by atoms with E-state index in [2.05, 4.69) is 24.1 Å². The van der Waals surface area contributed by atoms with Crippen molar-refractivity contribution in [2.45, 2.75) is 26.8 Å². The number of para-hydroxylation sites is 1. The van der Waals surface area contributed by atoms with Crippen molar-refractivity contribution < 1.29 is 9.53 Å². The van der Waals surface area contributed by atoms with Crippen molar-refractivity contribution in [1.82, 2.24) is 14.9 Å². The maximum absolute atomic E-state index is 11.8. The third kappa shape index (κ3) is 3.92. The van der Waals surface area contributed by atoms with Crippen molar-refractivity contribution in [3.8, 4) is 0 Å². The Morgan fingerprint density at radius 3 is 2.60 bits per heavy atom. The number of fused-ring (bicyclic) bond motifs is 1. The number of hydrogen-bond acceptors (Lipinski definition) is 6. The highest BCUT2D eigenvalue weighted by Gasteiger charge is 2.24. The fourth-order valence-electron chi connectivity index (χ4n) is 2.89. The van der Waals surface area contributed by atoms with Crippen molar-refractivity contribution >= 4 is 28.8 Å². The summed E-state index contributed by atoms with van der Waals surface area (Å²) in [5, 5.41) is 4.43. The molecule has 1 aromatic heterocycles. The molecule has 7 heteroatoms. The highest BCUT2D eigenvalue weighted by atomic mass is 16.6. The zero-order chi connectivity index (χ0) is 17.8. The topological polar surface area (TPSA) is 70.6 Å². The van der Waals surface area contributed by atoms with Crippen LogP contribution in [0.4, 0.5) is 16.6 Å². The van der Waals surface area contributed by atoms with Crippen LogP contribution in [0.2, 0.25) is 0 Å². The molecule has 0 spiro atoms. The Morgan fingerprint density at radius 2 is 1.92 bits per heavy atom. The molecule has 0 saturated carbocycles. The van der Waals surface area contributed by atoms with Crippen LogP contribution < -0.4 is 10.2 Å². The summed E-state index contributed by atoms with van der Waals surface area (Å²) in [7, 11) is 0. The quantitative estimate of drug-likeness (QED) is 0.920. The van der Waals surface area contributed by atoms with Crippen molar-refractivity contribution in [1.29, 1.82) is 0 Å². The third-order valence-electron chi connectivity index (χ3n) is 4.11. The lowest BCUT2D eigenvalue weighted by Crippen LogP contribution is -2.49. The maximum atomic E-state index is 11.8. The first-order valence-corrected chi connectivity index (χ1v) is 8.78. The highest BCUT2D eigenvalue weighted by molar-refractivity contribution is 5.90. The minimum absolute atomic E-state index is 0.247. The maximum Gasteiger partial charge on any atom is 0.409 e. The highest BCUT2D eigenvalue weighted by Crippen LogP contribution is 2.24. The second-order valence-electron chi connectivity index (χ2n) is 6.36. The van der Waals surface area contributed by atoms with E-state index in [1.165, 1.54) is 0 Å². The summed E-state index contributed by atoms with van der Waals surface area (Å²) >= 11 is 0. The molecular formula is C18H25N5O2. The van der Waals surface area contributed by atoms with Crippen LogP contribution in [0, 0.1) is 0 Å². The minimum atomic E-state index is -0.247. The molecular weight excluding hydrogens is 318 g/mol. The fourth-order valence-corrected chi connectivity index (χ4v) is 2.89. The second-order valence-corrected chi connectivity index (χ2v) is 6.36. The summed E-state index contributed by atoms with van der Waals surface area (Å²) in [4.78, 5) is 25.1. The zero-order valence-electron chi connectivity index (χ0n) is 15.0. The van der Waals surface area contributed by atoms with E-state index in [9.17, 15) is 4.79 Å². The third-order valence-corrected chi connectivity index (χ3v) is 4.11. The number of anilines is 2. The molecule has 0 unspecified atom stereocenters. The average Bonchev–Trinajstić information content (AvgIpc) is 2.61. The molecule has 134 valence electrons. The predicted molar refractivity (Wildman–Crippen MR) is 99.1 cm³/mol. The molecule has 1 fully saturated rings. The number of benzene rings is 1. The summed E-state index contributed by atoms with van der Waals surface area (Å²) in [5.41, 5.74) is 0.920. The molecule has 3 rings (SSSR count). The molecule has 1 amide bonds. The largest absolute Gasteiger partial charge is 0.450 e. The second kappa shape index (κ2) is 7.55. The lowest BCUT2D eigenvalue weighted by atomic mass is 10.2. The van der Waals surface area contributed by atoms with Gasteiger partial charge in [-0.05, 0) is 32.9 Å². The lowest BCUT2D eigenvalue weighted by molar-refractivity contribution is 0.105. The number of nitrogens with one attached hydrogen (secondary N) is 1. The standard InChI is InChI=1S/C18H25N5O2/c1-4-25-18(24)23-11-9-22(10-12-23)17-20-15-8-6-5-7-14(15)16(21-17)19-13(2)3/h5-8,13H,4,9-12H2,1-3H3,(H,19,20,21). The van der Waals surface area contributed by atoms with E-state index in [-0.39, 0.29) is 12.1 Å². The van der Waals surface area contributed by atoms with E-state index in [1.54, 1.807) is 4.90 Å². The van der Waals surface area contributed by atoms with Gasteiger partial charge in [0.25, 0.3) is 0 Å². The number of nitrogens with zero attached hydrogens (tertiary/aromatic N) is 4. The van der Waals surface area contributed by atoms with Crippen LogP contribution in [0.1, 0.15) is 20.8 Å². The van der Waals surface area contributed by atoms with Gasteiger partial charge in [0.2, 0.25) is 5.95 Å². The van der Waals surface area contributed by atoms with Gasteiger partial charge in [0.15, 0.2) is 0 Å². The number of carbonyl (C=O) groups excluding carboxylic acids is 1. The van der Waals surface area contributed by atoms with Crippen LogP contribution in [0.25, 0.3) is 10.9 Å². The number of amides is 1. The van der Waals surface area contributed by atoms with Gasteiger partial charge in [0.05, 0.1) is 12.1 Å². The number of piperazine rings is 1. The number of hydrogen-bond donors (Lipinski definition) is 1. The Balaban J connectivity index is 1.81. The van der Waals surface area contributed by atoms with Crippen LogP contribution >= 0.6 is 0 Å². The van der Waals surface area contributed by atoms with Crippen LogP contribution in [-0.2, 0) is 4.74 Å². The molecule has 2 heterocycles. The van der Waals surface area contributed by atoms with Gasteiger partial charge in [-0.1, -0.05) is 12.1 Å². The molecule has 1 aliphatic heterocycles. The molecule has 1 saturated heterocycles. The Bertz CT molecular complexity index is 741. The Morgan fingerprint density at radius 1 is 1.20 bits per heavy atom. The Hall–Kier alpha value is -2.57. The predicted octanol–water partition coefficient (Wildman–Crippen LogP) is 2.73. The fraction of sp³-hybridized carbons (Fsp3) is 0.500. The van der Waals surface area contributed by atoms with Gasteiger partial charge < -0.3 is 19.9 Å². The van der Waals surface area contributed by atoms with E-state index >= 15 is 0 Å². The minimum Gasteiger partial charge on any atom is -0.450 e. The zero-order valence-corrected chi connectivity index (χ0v) is 15.0. The van der Waals surface area contributed by atoms with Crippen LogP contribution in [0.3, 0.4) is 0 Å². The van der Waals surface area contributed by atoms with E-state index in [4.69, 9.17) is 14.7 Å². The molecule has 1 aliphatic rings. The van der Waals surface area contributed by atoms with Crippen molar-refractivity contribution in [2.24, 2.45) is 0 Å². The summed E-state index contributed by atoms with van der Waals surface area (Å²) in [5.74, 6) is 1.55. The summed E-state index contributed by atoms with van der Waals surface area (Å²) in [6.45, 7) is 9.02. The molecule has 0 aliphatic carbocycles. The van der Waals surface area contributed by atoms with Gasteiger partial charge in [-0.15, -0.1) is 0 Å². The van der Waals surface area contributed by atoms with Crippen molar-refractivity contribution in [3.05, 3.63) is 24.3 Å². The number of aromatic nitrogens is 2. The number of ether oxygens (including phenoxy) is 1. The molecule has 7 nitrogen and oxygen atoms in total. The summed E-state index contributed by atoms with van der Waals surface area (Å²) in [6, 6.07) is 8.29. The van der Waals surface area contributed by atoms with Gasteiger partial charge >= 0.3 is 6.09 Å². The lowest BCUT2D eigenvalue weighted by Gasteiger charge is -2.34. The normalized spacial score (nSPS) is 14.9. The molecule has 0 atom stereocenters. The molecule has 0 radical (unpaired) electrons. The van der Waals surface area contributed by atoms with Gasteiger partial charge in [-0.2, -0.15) is 4.98 Å². The van der Waals surface area contributed by atoms with Crippen LogP contribution in [0.5, 0.6) is 0 Å². The van der Waals surface area contributed by atoms with Gasteiger partial charge in [0, 0.05) is 37.6 Å². The smallest absolute Gasteiger partial charge is 0.409 e. The SMILES string of the molecule is CCOC(=O)N1CCN(c2nc(NC(C)C)c3ccccc3n2)CC1. The van der Waals surface area contributed by atoms with Gasteiger partial charge in [0.1, 0.15) is 5.82 Å². The van der Waals surface area contributed by atoms with Gasteiger partial charge in [-0.25, -0.2) is 9.78 Å². The molecule has 1 aromatic carbocycles. The van der Waals surface area contributed by atoms with E-state index < -0.39 is 0 Å². The first-order valence-electron chi connectivity index (χ1n) is 8.78. The molecule has 1 N–H and O–H groups in total. The van der Waals surface area contributed by atoms with E-state index in [0.29, 0.717) is 38.7 Å². The first kappa shape index (κ1) is 17.3. The average molecular weight is 343 g/mol. The Kier molecular flexibility index (Phi) is 5.21. The van der Waals surface area contributed by atoms with Gasteiger partial charge in [-0.3, -0.25) is 0 Å². The van der Waals surface area contributed by atoms with E-state index in [1.807, 2.05) is 31.2 Å². The number of carbonyl (C=O) groups is 1. The molecule has 2 aromatic rings. The first-order chi connectivity index (χ1) is 12.1. The summed E-state index contributed by atoms with van der Waals surface area (Å²) < 4.78 is 5.07.